The van der Waals surface area contributed by atoms with Crippen molar-refractivity contribution in [2.45, 2.75) is 6.42 Å². The molecule has 1 fully saturated rings. The highest BCUT2D eigenvalue weighted by Gasteiger charge is 2.18. The van der Waals surface area contributed by atoms with E-state index >= 15 is 0 Å². The minimum Gasteiger partial charge on any atom is -0.493 e. The molecular formula is C15H23ClN2O4. The van der Waals surface area contributed by atoms with E-state index in [1.165, 1.54) is 0 Å². The highest BCUT2D eigenvalue weighted by atomic mass is 35.5. The molecule has 1 heterocycles. The number of ether oxygens (including phenoxy) is 3. The lowest BCUT2D eigenvalue weighted by molar-refractivity contribution is -0.120. The average molecular weight is 331 g/mol. The summed E-state index contributed by atoms with van der Waals surface area (Å²) in [5.41, 5.74) is 0.828. The first kappa shape index (κ1) is 18.4. The zero-order chi connectivity index (χ0) is 15.2. The van der Waals surface area contributed by atoms with Crippen LogP contribution in [0.4, 0.5) is 0 Å². The fourth-order valence-corrected chi connectivity index (χ4v) is 2.24. The minimum atomic E-state index is -0.00354. The number of nitrogens with one attached hydrogen (secondary N) is 2. The molecule has 2 N–H and O–H groups in total. The van der Waals surface area contributed by atoms with Crippen molar-refractivity contribution in [3.8, 4) is 17.2 Å². The Balaban J connectivity index is 0.00000242. The number of carbonyl (C=O) groups is 1. The van der Waals surface area contributed by atoms with E-state index in [1.807, 2.05) is 0 Å². The van der Waals surface area contributed by atoms with E-state index in [1.54, 1.807) is 33.5 Å². The van der Waals surface area contributed by atoms with Gasteiger partial charge in [-0.05, 0) is 17.7 Å². The molecule has 124 valence electrons. The normalized spacial score (nSPS) is 13.6. The second-order valence-electron chi connectivity index (χ2n) is 5.04. The summed E-state index contributed by atoms with van der Waals surface area (Å²) in [6.07, 6.45) is 0.289. The molecular weight excluding hydrogens is 308 g/mol. The van der Waals surface area contributed by atoms with Gasteiger partial charge < -0.3 is 24.8 Å². The van der Waals surface area contributed by atoms with Crippen LogP contribution >= 0.6 is 12.4 Å². The van der Waals surface area contributed by atoms with Crippen LogP contribution in [0.2, 0.25) is 0 Å². The molecule has 0 aromatic heterocycles. The van der Waals surface area contributed by atoms with Crippen molar-refractivity contribution in [1.29, 1.82) is 0 Å². The van der Waals surface area contributed by atoms with Crippen LogP contribution in [0, 0.1) is 5.92 Å². The van der Waals surface area contributed by atoms with Crippen molar-refractivity contribution in [1.82, 2.24) is 10.6 Å². The first-order valence-corrected chi connectivity index (χ1v) is 6.94. The van der Waals surface area contributed by atoms with Gasteiger partial charge in [0.2, 0.25) is 11.7 Å². The maximum absolute atomic E-state index is 12.0. The van der Waals surface area contributed by atoms with E-state index in [9.17, 15) is 4.79 Å². The number of carbonyl (C=O) groups excluding carboxylic acids is 1. The summed E-state index contributed by atoms with van der Waals surface area (Å²) in [6, 6.07) is 3.59. The highest BCUT2D eigenvalue weighted by Crippen LogP contribution is 2.38. The molecule has 1 aliphatic rings. The van der Waals surface area contributed by atoms with Crippen LogP contribution in [0.3, 0.4) is 0 Å². The second-order valence-corrected chi connectivity index (χ2v) is 5.04. The highest BCUT2D eigenvalue weighted by molar-refractivity contribution is 5.85. The summed E-state index contributed by atoms with van der Waals surface area (Å²) < 4.78 is 15.8. The van der Waals surface area contributed by atoms with Crippen LogP contribution in [-0.4, -0.2) is 46.9 Å². The number of benzene rings is 1. The molecule has 0 atom stereocenters. The van der Waals surface area contributed by atoms with Gasteiger partial charge in [0.25, 0.3) is 0 Å². The fourth-order valence-electron chi connectivity index (χ4n) is 2.24. The van der Waals surface area contributed by atoms with Crippen LogP contribution in [0.5, 0.6) is 17.2 Å². The third-order valence-electron chi connectivity index (χ3n) is 3.54. The largest absolute Gasteiger partial charge is 0.493 e. The maximum atomic E-state index is 12.0. The smallest absolute Gasteiger partial charge is 0.224 e. The second kappa shape index (κ2) is 8.70. The van der Waals surface area contributed by atoms with Gasteiger partial charge in [0.05, 0.1) is 27.8 Å². The molecule has 1 saturated heterocycles. The van der Waals surface area contributed by atoms with Gasteiger partial charge in [0.1, 0.15) is 0 Å². The van der Waals surface area contributed by atoms with Crippen LogP contribution in [0.1, 0.15) is 5.56 Å². The molecule has 0 saturated carbocycles. The monoisotopic (exact) mass is 330 g/mol. The van der Waals surface area contributed by atoms with Crippen molar-refractivity contribution >= 4 is 18.3 Å². The Bertz CT molecular complexity index is 481. The van der Waals surface area contributed by atoms with Gasteiger partial charge in [-0.2, -0.15) is 0 Å². The lowest BCUT2D eigenvalue weighted by atomic mass is 10.0. The zero-order valence-corrected chi connectivity index (χ0v) is 13.9. The molecule has 6 nitrogen and oxygen atoms in total. The quantitative estimate of drug-likeness (QED) is 0.781. The maximum Gasteiger partial charge on any atom is 0.224 e. The van der Waals surface area contributed by atoms with E-state index in [2.05, 4.69) is 10.6 Å². The van der Waals surface area contributed by atoms with E-state index < -0.39 is 0 Å². The molecule has 1 amide bonds. The van der Waals surface area contributed by atoms with Crippen molar-refractivity contribution in [3.05, 3.63) is 17.7 Å². The van der Waals surface area contributed by atoms with Gasteiger partial charge in [-0.25, -0.2) is 0 Å². The summed E-state index contributed by atoms with van der Waals surface area (Å²) in [6.45, 7) is 2.67. The Kier molecular flexibility index (Phi) is 7.27. The molecule has 22 heavy (non-hydrogen) atoms. The summed E-state index contributed by atoms with van der Waals surface area (Å²) in [4.78, 5) is 12.0. The Morgan fingerprint density at radius 3 is 2.18 bits per heavy atom. The van der Waals surface area contributed by atoms with Gasteiger partial charge in [-0.3, -0.25) is 4.79 Å². The fraction of sp³-hybridized carbons (Fsp3) is 0.533. The summed E-state index contributed by atoms with van der Waals surface area (Å²) in [5, 5.41) is 6.12. The molecule has 0 radical (unpaired) electrons. The van der Waals surface area contributed by atoms with Crippen LogP contribution in [0.15, 0.2) is 12.1 Å². The van der Waals surface area contributed by atoms with Gasteiger partial charge >= 0.3 is 0 Å². The number of halogens is 1. The Labute approximate surface area is 136 Å². The molecule has 1 aliphatic heterocycles. The van der Waals surface area contributed by atoms with Gasteiger partial charge in [0.15, 0.2) is 11.5 Å². The average Bonchev–Trinajstić information content (AvgIpc) is 2.44. The molecule has 0 unspecified atom stereocenters. The molecule has 1 aromatic rings. The molecule has 7 heteroatoms. The predicted molar refractivity (Wildman–Crippen MR) is 86.4 cm³/mol. The Morgan fingerprint density at radius 1 is 1.18 bits per heavy atom. The SMILES string of the molecule is COc1cc(CC(=O)NCC2CNC2)cc(OC)c1OC.Cl. The van der Waals surface area contributed by atoms with E-state index in [4.69, 9.17) is 14.2 Å². The summed E-state index contributed by atoms with van der Waals surface area (Å²) >= 11 is 0. The van der Waals surface area contributed by atoms with Crippen molar-refractivity contribution in [2.75, 3.05) is 41.0 Å². The number of hydrogen-bond acceptors (Lipinski definition) is 5. The first-order valence-electron chi connectivity index (χ1n) is 6.94. The van der Waals surface area contributed by atoms with Crippen LogP contribution < -0.4 is 24.8 Å². The predicted octanol–water partition coefficient (Wildman–Crippen LogP) is 1.01. The Morgan fingerprint density at radius 2 is 1.77 bits per heavy atom. The van der Waals surface area contributed by atoms with Crippen LogP contribution in [0.25, 0.3) is 0 Å². The number of amides is 1. The van der Waals surface area contributed by atoms with Crippen LogP contribution in [-0.2, 0) is 11.2 Å². The topological polar surface area (TPSA) is 68.8 Å². The van der Waals surface area contributed by atoms with Gasteiger partial charge in [-0.1, -0.05) is 0 Å². The number of methoxy groups -OCH3 is 3. The molecule has 0 bridgehead atoms. The standard InChI is InChI=1S/C15H22N2O4.ClH/c1-19-12-4-10(5-13(20-2)15(12)21-3)6-14(18)17-9-11-7-16-8-11;/h4-5,11,16H,6-9H2,1-3H3,(H,17,18);1H. The third-order valence-corrected chi connectivity index (χ3v) is 3.54. The number of hydrogen-bond donors (Lipinski definition) is 2. The van der Waals surface area contributed by atoms with Crippen molar-refractivity contribution in [3.63, 3.8) is 0 Å². The Hall–Kier alpha value is -1.66. The number of rotatable bonds is 7. The lowest BCUT2D eigenvalue weighted by Crippen LogP contribution is -2.48. The molecule has 0 spiro atoms. The third kappa shape index (κ3) is 4.42. The zero-order valence-electron chi connectivity index (χ0n) is 13.1. The first-order chi connectivity index (χ1) is 10.2. The van der Waals surface area contributed by atoms with E-state index in [0.29, 0.717) is 23.2 Å². The minimum absolute atomic E-state index is 0. The lowest BCUT2D eigenvalue weighted by Gasteiger charge is -2.27. The summed E-state index contributed by atoms with van der Waals surface area (Å²) in [7, 11) is 4.68. The molecule has 2 rings (SSSR count). The van der Waals surface area contributed by atoms with Crippen molar-refractivity contribution < 1.29 is 19.0 Å². The molecule has 1 aromatic carbocycles. The van der Waals surface area contributed by atoms with E-state index in [0.717, 1.165) is 25.2 Å². The van der Waals surface area contributed by atoms with Crippen molar-refractivity contribution in [2.24, 2.45) is 5.92 Å². The summed E-state index contributed by atoms with van der Waals surface area (Å²) in [5.74, 6) is 2.19. The van der Waals surface area contributed by atoms with Gasteiger partial charge in [-0.15, -0.1) is 12.4 Å². The molecule has 0 aliphatic carbocycles. The van der Waals surface area contributed by atoms with Gasteiger partial charge in [0, 0.05) is 25.6 Å². The van der Waals surface area contributed by atoms with E-state index in [-0.39, 0.29) is 24.7 Å².